The van der Waals surface area contributed by atoms with Gasteiger partial charge in [0.2, 0.25) is 0 Å². The molecule has 2 heterocycles. The van der Waals surface area contributed by atoms with Crippen LogP contribution in [0.3, 0.4) is 0 Å². The highest BCUT2D eigenvalue weighted by atomic mass is 16.5. The van der Waals surface area contributed by atoms with Gasteiger partial charge in [0, 0.05) is 49.0 Å². The molecule has 55 heavy (non-hydrogen) atoms. The van der Waals surface area contributed by atoms with Gasteiger partial charge in [-0.2, -0.15) is 0 Å². The Kier molecular flexibility index (Phi) is 12.1. The van der Waals surface area contributed by atoms with Crippen LogP contribution in [-0.4, -0.2) is 59.0 Å². The Hall–Kier alpha value is -4.88. The maximum atomic E-state index is 5.82. The van der Waals surface area contributed by atoms with Crippen molar-refractivity contribution in [1.29, 1.82) is 0 Å². The predicted molar refractivity (Wildman–Crippen MR) is 225 cm³/mol. The van der Waals surface area contributed by atoms with Gasteiger partial charge in [-0.15, -0.1) is 0 Å². The molecule has 1 N–H and O–H groups in total. The van der Waals surface area contributed by atoms with Gasteiger partial charge in [0.25, 0.3) is 0 Å². The minimum Gasteiger partial charge on any atom is -0.493 e. The van der Waals surface area contributed by atoms with E-state index in [0.717, 1.165) is 68.4 Å². The first kappa shape index (κ1) is 38.4. The zero-order chi connectivity index (χ0) is 38.5. The summed E-state index contributed by atoms with van der Waals surface area (Å²) in [6, 6.07) is 27.5. The van der Waals surface area contributed by atoms with Crippen molar-refractivity contribution in [1.82, 2.24) is 10.2 Å². The molecule has 3 aliphatic rings. The van der Waals surface area contributed by atoms with E-state index in [1.165, 1.54) is 63.0 Å². The molecule has 4 aromatic rings. The standard InChI is InChI=1S/C48H59N3O4/c1-8-33(3)42-27-39(29-46(53-5)47(42)54-6)44-25-35(18-21-49-44)30-50-22-19-41(20-23-50)51(40-16-12-32(2)13-17-40)31-34-10-9-11-37(24-34)38-26-43(36-14-15-36)48(55-7)45(28-38)52-4/h9-13,16-18,21,24-29,33,36,41,44,49H,8,14-15,19-20,22-23,30-31H2,1-7H3. The molecule has 0 bridgehead atoms. The number of aryl methyl sites for hydroxylation is 1. The Bertz CT molecular complexity index is 1990. The molecule has 7 rings (SSSR count). The predicted octanol–water partition coefficient (Wildman–Crippen LogP) is 10.3. The van der Waals surface area contributed by atoms with Gasteiger partial charge in [-0.05, 0) is 133 Å². The van der Waals surface area contributed by atoms with Crippen LogP contribution in [0.2, 0.25) is 0 Å². The van der Waals surface area contributed by atoms with Gasteiger partial charge in [0.05, 0.1) is 34.5 Å². The lowest BCUT2D eigenvalue weighted by atomic mass is 9.92. The number of benzene rings is 4. The topological polar surface area (TPSA) is 55.4 Å². The van der Waals surface area contributed by atoms with E-state index in [1.807, 2.05) is 0 Å². The summed E-state index contributed by atoms with van der Waals surface area (Å²) in [6.07, 6.45) is 12.4. The molecule has 2 aliphatic heterocycles. The van der Waals surface area contributed by atoms with Gasteiger partial charge in [-0.3, -0.25) is 4.90 Å². The zero-order valence-corrected chi connectivity index (χ0v) is 33.9. The molecule has 0 aromatic heterocycles. The maximum Gasteiger partial charge on any atom is 0.164 e. The summed E-state index contributed by atoms with van der Waals surface area (Å²) in [5.41, 5.74) is 11.3. The quantitative estimate of drug-likeness (QED) is 0.130. The normalized spacial score (nSPS) is 17.9. The molecular weight excluding hydrogens is 683 g/mol. The first-order chi connectivity index (χ1) is 26.8. The van der Waals surface area contributed by atoms with Gasteiger partial charge in [-0.25, -0.2) is 0 Å². The average Bonchev–Trinajstić information content (AvgIpc) is 4.08. The molecular formula is C48H59N3O4. The van der Waals surface area contributed by atoms with Crippen LogP contribution in [0.5, 0.6) is 23.0 Å². The largest absolute Gasteiger partial charge is 0.493 e. The highest BCUT2D eigenvalue weighted by Crippen LogP contribution is 2.49. The van der Waals surface area contributed by atoms with Crippen LogP contribution in [0.4, 0.5) is 5.69 Å². The first-order valence-electron chi connectivity index (χ1n) is 20.1. The Balaban J connectivity index is 1.07. The minimum atomic E-state index is 0.0761. The first-order valence-corrected chi connectivity index (χ1v) is 20.1. The van der Waals surface area contributed by atoms with Crippen LogP contribution >= 0.6 is 0 Å². The molecule has 2 atom stereocenters. The molecule has 4 aromatic carbocycles. The van der Waals surface area contributed by atoms with E-state index in [4.69, 9.17) is 18.9 Å². The van der Waals surface area contributed by atoms with Crippen LogP contribution in [-0.2, 0) is 6.54 Å². The summed E-state index contributed by atoms with van der Waals surface area (Å²) < 4.78 is 23.2. The lowest BCUT2D eigenvalue weighted by Gasteiger charge is -2.40. The van der Waals surface area contributed by atoms with E-state index < -0.39 is 0 Å². The van der Waals surface area contributed by atoms with E-state index in [-0.39, 0.29) is 6.04 Å². The van der Waals surface area contributed by atoms with E-state index in [2.05, 4.69) is 127 Å². The summed E-state index contributed by atoms with van der Waals surface area (Å²) in [4.78, 5) is 5.27. The molecule has 2 unspecified atom stereocenters. The van der Waals surface area contributed by atoms with E-state index in [1.54, 1.807) is 28.4 Å². The summed E-state index contributed by atoms with van der Waals surface area (Å²) in [6.45, 7) is 10.5. The average molecular weight is 742 g/mol. The number of likely N-dealkylation sites (tertiary alicyclic amines) is 1. The highest BCUT2D eigenvalue weighted by Gasteiger charge is 2.30. The molecule has 0 amide bonds. The molecule has 290 valence electrons. The number of rotatable bonds is 15. The number of nitrogens with zero attached hydrogens (tertiary/aromatic N) is 2. The molecule has 1 aliphatic carbocycles. The molecule has 0 spiro atoms. The van der Waals surface area contributed by atoms with Crippen molar-refractivity contribution in [3.05, 3.63) is 125 Å². The van der Waals surface area contributed by atoms with Crippen molar-refractivity contribution in [2.75, 3.05) is 53.0 Å². The Morgan fingerprint density at radius 3 is 2.20 bits per heavy atom. The van der Waals surface area contributed by atoms with Crippen molar-refractivity contribution in [2.45, 2.75) is 83.3 Å². The zero-order valence-electron chi connectivity index (χ0n) is 33.9. The highest BCUT2D eigenvalue weighted by molar-refractivity contribution is 5.71. The van der Waals surface area contributed by atoms with Gasteiger partial charge in [0.15, 0.2) is 23.0 Å². The smallest absolute Gasteiger partial charge is 0.164 e. The number of piperidine rings is 1. The van der Waals surface area contributed by atoms with Crippen LogP contribution in [0.25, 0.3) is 11.1 Å². The summed E-state index contributed by atoms with van der Waals surface area (Å²) in [5.74, 6) is 4.24. The molecule has 2 fully saturated rings. The Labute approximate surface area is 328 Å². The van der Waals surface area contributed by atoms with Gasteiger partial charge < -0.3 is 29.2 Å². The fourth-order valence-corrected chi connectivity index (χ4v) is 8.37. The van der Waals surface area contributed by atoms with Crippen molar-refractivity contribution in [3.63, 3.8) is 0 Å². The van der Waals surface area contributed by atoms with E-state index in [0.29, 0.717) is 17.9 Å². The van der Waals surface area contributed by atoms with Crippen molar-refractivity contribution >= 4 is 5.69 Å². The van der Waals surface area contributed by atoms with E-state index in [9.17, 15) is 0 Å². The second kappa shape index (κ2) is 17.3. The molecule has 7 heteroatoms. The Morgan fingerprint density at radius 2 is 1.53 bits per heavy atom. The van der Waals surface area contributed by atoms with Crippen LogP contribution in [0.1, 0.15) is 91.6 Å². The number of methoxy groups -OCH3 is 4. The molecule has 7 nitrogen and oxygen atoms in total. The molecule has 1 saturated carbocycles. The lowest BCUT2D eigenvalue weighted by molar-refractivity contribution is 0.224. The lowest BCUT2D eigenvalue weighted by Crippen LogP contribution is -2.45. The van der Waals surface area contributed by atoms with Crippen molar-refractivity contribution in [3.8, 4) is 34.1 Å². The summed E-state index contributed by atoms with van der Waals surface area (Å²) >= 11 is 0. The van der Waals surface area contributed by atoms with E-state index >= 15 is 0 Å². The number of anilines is 1. The van der Waals surface area contributed by atoms with Gasteiger partial charge >= 0.3 is 0 Å². The minimum absolute atomic E-state index is 0.0761. The third kappa shape index (κ3) is 8.68. The van der Waals surface area contributed by atoms with Gasteiger partial charge in [0.1, 0.15) is 0 Å². The number of hydrogen-bond donors (Lipinski definition) is 1. The monoisotopic (exact) mass is 741 g/mol. The third-order valence-electron chi connectivity index (χ3n) is 11.9. The molecule has 1 saturated heterocycles. The van der Waals surface area contributed by atoms with Crippen molar-refractivity contribution < 1.29 is 18.9 Å². The summed E-state index contributed by atoms with van der Waals surface area (Å²) in [5, 5.41) is 3.59. The number of hydrogen-bond acceptors (Lipinski definition) is 7. The van der Waals surface area contributed by atoms with Gasteiger partial charge in [-0.1, -0.05) is 55.8 Å². The third-order valence-corrected chi connectivity index (χ3v) is 11.9. The molecule has 0 radical (unpaired) electrons. The maximum absolute atomic E-state index is 5.82. The van der Waals surface area contributed by atoms with Crippen molar-refractivity contribution in [2.24, 2.45) is 0 Å². The Morgan fingerprint density at radius 1 is 0.800 bits per heavy atom. The SMILES string of the molecule is CCC(C)c1cc(C2C=C(CN3CCC(N(Cc4cccc(-c5cc(OC)c(OC)c(C6CC6)c5)c4)c4ccc(C)cc4)CC3)C=CN2)cc(OC)c1OC. The van der Waals surface area contributed by atoms with Crippen LogP contribution < -0.4 is 29.2 Å². The second-order valence-corrected chi connectivity index (χ2v) is 15.6. The van der Waals surface area contributed by atoms with Crippen LogP contribution in [0, 0.1) is 6.92 Å². The fourth-order valence-electron chi connectivity index (χ4n) is 8.37. The van der Waals surface area contributed by atoms with Crippen LogP contribution in [0.15, 0.2) is 96.7 Å². The number of ether oxygens (including phenoxy) is 4. The number of dihydropyridines is 1. The number of nitrogens with one attached hydrogen (secondary N) is 1. The fraction of sp³-hybridized carbons (Fsp3) is 0.417. The summed E-state index contributed by atoms with van der Waals surface area (Å²) in [7, 11) is 6.94. The second-order valence-electron chi connectivity index (χ2n) is 15.6.